The molecule has 2 heterocycles. The highest BCUT2D eigenvalue weighted by Crippen LogP contribution is 2.38. The number of fused-ring (bicyclic) bond motifs is 2. The number of benzene rings is 1. The average molecular weight is 475 g/mol. The molecule has 9 heteroatoms. The number of anilines is 1. The van der Waals surface area contributed by atoms with E-state index in [-0.39, 0.29) is 35.6 Å². The monoisotopic (exact) mass is 474 g/mol. The van der Waals surface area contributed by atoms with Gasteiger partial charge in [0.05, 0.1) is 27.8 Å². The molecule has 0 spiro atoms. The van der Waals surface area contributed by atoms with Crippen LogP contribution in [0.15, 0.2) is 33.8 Å². The molecule has 1 N–H and O–H groups in total. The molecule has 0 unspecified atom stereocenters. The first kappa shape index (κ1) is 19.9. The van der Waals surface area contributed by atoms with Crippen molar-refractivity contribution in [2.45, 2.75) is 39.7 Å². The highest BCUT2D eigenvalue weighted by molar-refractivity contribution is 9.10. The third-order valence-corrected chi connectivity index (χ3v) is 6.40. The zero-order valence-corrected chi connectivity index (χ0v) is 18.4. The van der Waals surface area contributed by atoms with Crippen LogP contribution in [-0.4, -0.2) is 26.2 Å². The number of nitrogens with zero attached hydrogens (tertiary/aromatic N) is 3. The Balaban J connectivity index is 1.45. The van der Waals surface area contributed by atoms with Crippen LogP contribution >= 0.6 is 27.3 Å². The van der Waals surface area contributed by atoms with Gasteiger partial charge < -0.3 is 5.32 Å². The molecule has 0 saturated carbocycles. The molecule has 4 rings (SSSR count). The van der Waals surface area contributed by atoms with E-state index in [2.05, 4.69) is 31.2 Å². The van der Waals surface area contributed by atoms with E-state index in [1.807, 2.05) is 19.9 Å². The van der Waals surface area contributed by atoms with Crippen LogP contribution in [0.3, 0.4) is 0 Å². The number of carbonyl (C=O) groups excluding carboxylic acids is 2. The third kappa shape index (κ3) is 4.16. The highest BCUT2D eigenvalue weighted by atomic mass is 79.9. The van der Waals surface area contributed by atoms with Crippen LogP contribution in [0, 0.1) is 5.41 Å². The summed E-state index contributed by atoms with van der Waals surface area (Å²) in [6, 6.07) is 5.32. The van der Waals surface area contributed by atoms with E-state index in [1.165, 1.54) is 22.2 Å². The van der Waals surface area contributed by atoms with Crippen LogP contribution in [0.1, 0.15) is 42.1 Å². The topological polar surface area (TPSA) is 94.0 Å². The van der Waals surface area contributed by atoms with Gasteiger partial charge in [0.25, 0.3) is 5.56 Å². The van der Waals surface area contributed by atoms with E-state index >= 15 is 0 Å². The van der Waals surface area contributed by atoms with E-state index in [4.69, 9.17) is 0 Å². The van der Waals surface area contributed by atoms with E-state index in [9.17, 15) is 14.4 Å². The van der Waals surface area contributed by atoms with Gasteiger partial charge in [-0.2, -0.15) is 0 Å². The van der Waals surface area contributed by atoms with Crippen molar-refractivity contribution in [2.75, 3.05) is 5.32 Å². The fourth-order valence-corrected chi connectivity index (χ4v) is 4.76. The Morgan fingerprint density at radius 2 is 2.10 bits per heavy atom. The molecular weight excluding hydrogens is 456 g/mol. The number of rotatable bonds is 4. The van der Waals surface area contributed by atoms with E-state index in [1.54, 1.807) is 12.1 Å². The molecule has 1 aliphatic carbocycles. The molecule has 0 bridgehead atoms. The van der Waals surface area contributed by atoms with Crippen LogP contribution in [-0.2, 0) is 17.8 Å². The first-order valence-corrected chi connectivity index (χ1v) is 10.8. The minimum atomic E-state index is -0.260. The lowest BCUT2D eigenvalue weighted by atomic mass is 9.78. The van der Waals surface area contributed by atoms with Crippen LogP contribution in [0.25, 0.3) is 10.9 Å². The lowest BCUT2D eigenvalue weighted by Gasteiger charge is -2.26. The molecule has 0 saturated heterocycles. The molecule has 150 valence electrons. The minimum absolute atomic E-state index is 0.0780. The Hall–Kier alpha value is -2.39. The fraction of sp³-hybridized carbons (Fsp3) is 0.350. The van der Waals surface area contributed by atoms with Crippen LogP contribution in [0.5, 0.6) is 0 Å². The largest absolute Gasteiger partial charge is 0.302 e. The van der Waals surface area contributed by atoms with Crippen LogP contribution in [0.2, 0.25) is 0 Å². The molecule has 1 aliphatic rings. The first-order valence-electron chi connectivity index (χ1n) is 9.19. The summed E-state index contributed by atoms with van der Waals surface area (Å²) in [6.07, 6.45) is 2.76. The Labute approximate surface area is 179 Å². The molecule has 0 radical (unpaired) electrons. The number of aryl methyl sites for hydroxylation is 1. The number of Topliss-reactive ketones (excluding diaryl/α,β-unsaturated/α-hetero) is 1. The smallest absolute Gasteiger partial charge is 0.261 e. The minimum Gasteiger partial charge on any atom is -0.302 e. The van der Waals surface area contributed by atoms with E-state index < -0.39 is 0 Å². The number of halogens is 1. The molecule has 1 amide bonds. The maximum absolute atomic E-state index is 12.6. The number of ketones is 1. The standard InChI is InChI=1S/C20H19BrN4O3S/c1-20(2)8-14-17(15(26)9-20)29-19(23-14)24-16(27)5-6-25-10-22-13-4-3-11(21)7-12(13)18(25)28/h3-4,7,10H,5-6,8-9H2,1-2H3,(H,23,24,27). The summed E-state index contributed by atoms with van der Waals surface area (Å²) in [5.74, 6) is -0.182. The number of thiazole rings is 1. The molecule has 7 nitrogen and oxygen atoms in total. The highest BCUT2D eigenvalue weighted by Gasteiger charge is 2.34. The maximum atomic E-state index is 12.6. The van der Waals surface area contributed by atoms with Crippen molar-refractivity contribution in [3.05, 3.63) is 49.9 Å². The van der Waals surface area contributed by atoms with Gasteiger partial charge in [-0.1, -0.05) is 41.1 Å². The average Bonchev–Trinajstić information content (AvgIpc) is 3.03. The number of carbonyl (C=O) groups is 2. The second-order valence-corrected chi connectivity index (χ2v) is 9.85. The van der Waals surface area contributed by atoms with Gasteiger partial charge in [0, 0.05) is 23.9 Å². The molecule has 0 fully saturated rings. The zero-order valence-electron chi connectivity index (χ0n) is 16.0. The summed E-state index contributed by atoms with van der Waals surface area (Å²) in [5, 5.41) is 3.68. The Bertz CT molecular complexity index is 1200. The Morgan fingerprint density at radius 1 is 1.31 bits per heavy atom. The van der Waals surface area contributed by atoms with Gasteiger partial charge in [-0.25, -0.2) is 9.97 Å². The van der Waals surface area contributed by atoms with Gasteiger partial charge in [0.1, 0.15) is 0 Å². The maximum Gasteiger partial charge on any atom is 0.261 e. The van der Waals surface area contributed by atoms with Gasteiger partial charge in [0.15, 0.2) is 10.9 Å². The Kier molecular flexibility index (Phi) is 5.12. The molecule has 1 aromatic carbocycles. The normalized spacial score (nSPS) is 15.3. The fourth-order valence-electron chi connectivity index (χ4n) is 3.47. The van der Waals surface area contributed by atoms with Crippen molar-refractivity contribution >= 4 is 55.0 Å². The second kappa shape index (κ2) is 7.46. The third-order valence-electron chi connectivity index (χ3n) is 4.85. The van der Waals surface area contributed by atoms with Crippen molar-refractivity contribution in [1.29, 1.82) is 0 Å². The summed E-state index contributed by atoms with van der Waals surface area (Å²) in [5.41, 5.74) is 1.06. The second-order valence-electron chi connectivity index (χ2n) is 7.94. The SMILES string of the molecule is CC1(C)CC(=O)c2sc(NC(=O)CCn3cnc4ccc(Br)cc4c3=O)nc2C1. The van der Waals surface area contributed by atoms with Gasteiger partial charge in [-0.05, 0) is 30.0 Å². The number of nitrogens with one attached hydrogen (secondary N) is 1. The van der Waals surface area contributed by atoms with E-state index in [0.717, 1.165) is 10.2 Å². The Morgan fingerprint density at radius 3 is 2.90 bits per heavy atom. The van der Waals surface area contributed by atoms with E-state index in [0.29, 0.717) is 33.8 Å². The van der Waals surface area contributed by atoms with Crippen molar-refractivity contribution in [2.24, 2.45) is 5.41 Å². The quantitative estimate of drug-likeness (QED) is 0.620. The molecule has 0 aliphatic heterocycles. The lowest BCUT2D eigenvalue weighted by molar-refractivity contribution is -0.116. The number of amides is 1. The lowest BCUT2D eigenvalue weighted by Crippen LogP contribution is -2.26. The molecule has 29 heavy (non-hydrogen) atoms. The van der Waals surface area contributed by atoms with Crippen molar-refractivity contribution in [1.82, 2.24) is 14.5 Å². The van der Waals surface area contributed by atoms with Crippen molar-refractivity contribution in [3.63, 3.8) is 0 Å². The summed E-state index contributed by atoms with van der Waals surface area (Å²) in [6.45, 7) is 4.29. The number of aromatic nitrogens is 3. The van der Waals surface area contributed by atoms with Crippen LogP contribution in [0.4, 0.5) is 5.13 Å². The predicted octanol–water partition coefficient (Wildman–Crippen LogP) is 3.80. The summed E-state index contributed by atoms with van der Waals surface area (Å²) < 4.78 is 2.22. The predicted molar refractivity (Wildman–Crippen MR) is 115 cm³/mol. The van der Waals surface area contributed by atoms with Gasteiger partial charge >= 0.3 is 0 Å². The van der Waals surface area contributed by atoms with Gasteiger partial charge in [-0.3, -0.25) is 19.0 Å². The number of hydrogen-bond acceptors (Lipinski definition) is 6. The summed E-state index contributed by atoms with van der Waals surface area (Å²) in [4.78, 5) is 46.6. The molecule has 2 aromatic heterocycles. The molecular formula is C20H19BrN4O3S. The van der Waals surface area contributed by atoms with Crippen molar-refractivity contribution in [3.8, 4) is 0 Å². The zero-order chi connectivity index (χ0) is 20.8. The van der Waals surface area contributed by atoms with Crippen LogP contribution < -0.4 is 10.9 Å². The first-order chi connectivity index (χ1) is 13.7. The number of hydrogen-bond donors (Lipinski definition) is 1. The summed E-state index contributed by atoms with van der Waals surface area (Å²) in [7, 11) is 0. The van der Waals surface area contributed by atoms with Crippen molar-refractivity contribution < 1.29 is 9.59 Å². The molecule has 3 aromatic rings. The van der Waals surface area contributed by atoms with Gasteiger partial charge in [-0.15, -0.1) is 0 Å². The summed E-state index contributed by atoms with van der Waals surface area (Å²) >= 11 is 4.58. The molecule has 0 atom stereocenters. The van der Waals surface area contributed by atoms with Gasteiger partial charge in [0.2, 0.25) is 5.91 Å².